The van der Waals surface area contributed by atoms with Crippen molar-refractivity contribution >= 4 is 11.9 Å². The predicted molar refractivity (Wildman–Crippen MR) is 56.1 cm³/mol. The minimum Gasteiger partial charge on any atom is -0.494 e. The Hall–Kier alpha value is -1.84. The van der Waals surface area contributed by atoms with Gasteiger partial charge < -0.3 is 9.47 Å². The lowest BCUT2D eigenvalue weighted by molar-refractivity contribution is -0.152. The van der Waals surface area contributed by atoms with Crippen molar-refractivity contribution in [2.24, 2.45) is 0 Å². The summed E-state index contributed by atoms with van der Waals surface area (Å²) in [4.78, 5) is 22.5. The summed E-state index contributed by atoms with van der Waals surface area (Å²) in [6.45, 7) is 2.39. The molecule has 1 saturated heterocycles. The fourth-order valence-corrected chi connectivity index (χ4v) is 1.77. The highest BCUT2D eigenvalue weighted by Crippen LogP contribution is 2.33. The quantitative estimate of drug-likeness (QED) is 0.574. The molecule has 16 heavy (non-hydrogen) atoms. The van der Waals surface area contributed by atoms with E-state index in [-0.39, 0.29) is 6.42 Å². The van der Waals surface area contributed by atoms with E-state index in [9.17, 15) is 9.59 Å². The maximum absolute atomic E-state index is 11.4. The second-order valence-electron chi connectivity index (χ2n) is 3.52. The van der Waals surface area contributed by atoms with Crippen LogP contribution in [0, 0.1) is 0 Å². The number of benzene rings is 1. The first-order valence-electron chi connectivity index (χ1n) is 5.18. The summed E-state index contributed by atoms with van der Waals surface area (Å²) < 4.78 is 9.94. The molecule has 0 radical (unpaired) electrons. The van der Waals surface area contributed by atoms with Gasteiger partial charge in [0.05, 0.1) is 18.9 Å². The number of hydrogen-bond donors (Lipinski definition) is 0. The molecule has 0 spiro atoms. The lowest BCUT2D eigenvalue weighted by Gasteiger charge is -2.11. The van der Waals surface area contributed by atoms with Crippen LogP contribution >= 0.6 is 0 Å². The summed E-state index contributed by atoms with van der Waals surface area (Å²) in [7, 11) is 0. The lowest BCUT2D eigenvalue weighted by Crippen LogP contribution is -2.08. The van der Waals surface area contributed by atoms with E-state index in [1.54, 1.807) is 12.1 Å². The van der Waals surface area contributed by atoms with E-state index in [4.69, 9.17) is 4.74 Å². The van der Waals surface area contributed by atoms with Crippen LogP contribution in [0.5, 0.6) is 5.75 Å². The van der Waals surface area contributed by atoms with Gasteiger partial charge in [0.2, 0.25) is 0 Å². The maximum Gasteiger partial charge on any atom is 0.321 e. The van der Waals surface area contributed by atoms with Crippen molar-refractivity contribution in [1.29, 1.82) is 0 Å². The third kappa shape index (κ3) is 1.91. The van der Waals surface area contributed by atoms with Crippen LogP contribution in [-0.4, -0.2) is 18.5 Å². The van der Waals surface area contributed by atoms with Crippen LogP contribution in [0.3, 0.4) is 0 Å². The second-order valence-corrected chi connectivity index (χ2v) is 3.52. The zero-order chi connectivity index (χ0) is 11.5. The zero-order valence-electron chi connectivity index (χ0n) is 8.93. The Morgan fingerprint density at radius 1 is 1.38 bits per heavy atom. The number of ether oxygens (including phenoxy) is 2. The van der Waals surface area contributed by atoms with Gasteiger partial charge in [0.1, 0.15) is 5.75 Å². The second kappa shape index (κ2) is 4.35. The number of para-hydroxylation sites is 1. The number of rotatable bonds is 3. The molecule has 0 saturated carbocycles. The fourth-order valence-electron chi connectivity index (χ4n) is 1.77. The summed E-state index contributed by atoms with van der Waals surface area (Å²) in [6.07, 6.45) is 0.100. The summed E-state index contributed by atoms with van der Waals surface area (Å²) in [6, 6.07) is 7.22. The van der Waals surface area contributed by atoms with Gasteiger partial charge in [-0.15, -0.1) is 0 Å². The van der Waals surface area contributed by atoms with Crippen LogP contribution in [0.15, 0.2) is 24.3 Å². The van der Waals surface area contributed by atoms with E-state index >= 15 is 0 Å². The Morgan fingerprint density at radius 3 is 2.75 bits per heavy atom. The first-order chi connectivity index (χ1) is 7.72. The molecule has 84 valence electrons. The predicted octanol–water partition coefficient (Wildman–Crippen LogP) is 1.64. The molecular weight excluding hydrogens is 208 g/mol. The SMILES string of the molecule is CCOc1ccccc1C1CC(=O)OC1=O. The minimum absolute atomic E-state index is 0.100. The Balaban J connectivity index is 2.32. The minimum atomic E-state index is -0.518. The first kappa shape index (κ1) is 10.7. The molecule has 0 amide bonds. The smallest absolute Gasteiger partial charge is 0.321 e. The zero-order valence-corrected chi connectivity index (χ0v) is 8.93. The van der Waals surface area contributed by atoms with E-state index in [0.29, 0.717) is 12.4 Å². The van der Waals surface area contributed by atoms with Gasteiger partial charge >= 0.3 is 11.9 Å². The molecule has 1 unspecified atom stereocenters. The molecule has 1 aliphatic rings. The van der Waals surface area contributed by atoms with Crippen LogP contribution in [0.1, 0.15) is 24.8 Å². The molecule has 1 heterocycles. The van der Waals surface area contributed by atoms with E-state index in [1.807, 2.05) is 19.1 Å². The van der Waals surface area contributed by atoms with Crippen molar-refractivity contribution < 1.29 is 19.1 Å². The van der Waals surface area contributed by atoms with Gasteiger partial charge in [0, 0.05) is 5.56 Å². The summed E-state index contributed by atoms with van der Waals surface area (Å²) in [5.41, 5.74) is 0.722. The highest BCUT2D eigenvalue weighted by atomic mass is 16.6. The largest absolute Gasteiger partial charge is 0.494 e. The molecule has 0 aromatic heterocycles. The van der Waals surface area contributed by atoms with Gasteiger partial charge in [0.15, 0.2) is 0 Å². The van der Waals surface area contributed by atoms with Crippen molar-refractivity contribution in [3.8, 4) is 5.75 Å². The monoisotopic (exact) mass is 220 g/mol. The summed E-state index contributed by atoms with van der Waals surface area (Å²) in [5, 5.41) is 0. The average Bonchev–Trinajstić information content (AvgIpc) is 2.59. The number of carbonyl (C=O) groups excluding carboxylic acids is 2. The standard InChI is InChI=1S/C12H12O4/c1-2-15-10-6-4-3-5-8(10)9-7-11(13)16-12(9)14/h3-6,9H,2,7H2,1H3. The maximum atomic E-state index is 11.4. The lowest BCUT2D eigenvalue weighted by atomic mass is 9.97. The summed E-state index contributed by atoms with van der Waals surface area (Å²) in [5.74, 6) is -0.838. The van der Waals surface area contributed by atoms with Gasteiger partial charge in [-0.25, -0.2) is 0 Å². The average molecular weight is 220 g/mol. The van der Waals surface area contributed by atoms with Gasteiger partial charge in [-0.2, -0.15) is 0 Å². The number of hydrogen-bond acceptors (Lipinski definition) is 4. The van der Waals surface area contributed by atoms with E-state index in [1.165, 1.54) is 0 Å². The molecule has 4 nitrogen and oxygen atoms in total. The van der Waals surface area contributed by atoms with Crippen molar-refractivity contribution in [3.05, 3.63) is 29.8 Å². The number of cyclic esters (lactones) is 2. The molecule has 0 N–H and O–H groups in total. The Labute approximate surface area is 93.2 Å². The topological polar surface area (TPSA) is 52.6 Å². The molecule has 1 aromatic rings. The first-order valence-corrected chi connectivity index (χ1v) is 5.18. The molecule has 1 aliphatic heterocycles. The third-order valence-corrected chi connectivity index (χ3v) is 2.46. The normalized spacial score (nSPS) is 19.7. The van der Waals surface area contributed by atoms with Crippen LogP contribution in [0.2, 0.25) is 0 Å². The third-order valence-electron chi connectivity index (χ3n) is 2.46. The molecule has 4 heteroatoms. The highest BCUT2D eigenvalue weighted by molar-refractivity contribution is 5.98. The van der Waals surface area contributed by atoms with Gasteiger partial charge in [-0.05, 0) is 13.0 Å². The molecule has 0 bridgehead atoms. The van der Waals surface area contributed by atoms with Crippen LogP contribution < -0.4 is 4.74 Å². The molecule has 1 atom stereocenters. The van der Waals surface area contributed by atoms with Gasteiger partial charge in [-0.3, -0.25) is 9.59 Å². The van der Waals surface area contributed by atoms with Gasteiger partial charge in [-0.1, -0.05) is 18.2 Å². The molecule has 1 fully saturated rings. The highest BCUT2D eigenvalue weighted by Gasteiger charge is 2.36. The van der Waals surface area contributed by atoms with Gasteiger partial charge in [0.25, 0.3) is 0 Å². The Bertz CT molecular complexity index is 425. The fraction of sp³-hybridized carbons (Fsp3) is 0.333. The van der Waals surface area contributed by atoms with Crippen LogP contribution in [0.25, 0.3) is 0 Å². The molecule has 0 aliphatic carbocycles. The molecule has 2 rings (SSSR count). The summed E-state index contributed by atoms with van der Waals surface area (Å²) >= 11 is 0. The van der Waals surface area contributed by atoms with Crippen LogP contribution in [0.4, 0.5) is 0 Å². The van der Waals surface area contributed by atoms with Crippen LogP contribution in [-0.2, 0) is 14.3 Å². The number of esters is 2. The van der Waals surface area contributed by atoms with Crippen molar-refractivity contribution in [2.75, 3.05) is 6.61 Å². The molecule has 1 aromatic carbocycles. The Kier molecular flexibility index (Phi) is 2.90. The van der Waals surface area contributed by atoms with Crippen molar-refractivity contribution in [2.45, 2.75) is 19.3 Å². The van der Waals surface area contributed by atoms with E-state index in [0.717, 1.165) is 5.56 Å². The van der Waals surface area contributed by atoms with E-state index < -0.39 is 17.9 Å². The number of carbonyl (C=O) groups is 2. The van der Waals surface area contributed by atoms with Crippen molar-refractivity contribution in [1.82, 2.24) is 0 Å². The van der Waals surface area contributed by atoms with Crippen molar-refractivity contribution in [3.63, 3.8) is 0 Å². The van der Waals surface area contributed by atoms with E-state index in [2.05, 4.69) is 4.74 Å². The molecular formula is C12H12O4. The Morgan fingerprint density at radius 2 is 2.12 bits per heavy atom.